The molecule has 2 aliphatic heterocycles. The van der Waals surface area contributed by atoms with Gasteiger partial charge in [0.2, 0.25) is 5.91 Å². The number of likely N-dealkylation sites (tertiary alicyclic amines) is 1. The zero-order valence-corrected chi connectivity index (χ0v) is 19.0. The third kappa shape index (κ3) is 6.68. The highest BCUT2D eigenvalue weighted by molar-refractivity contribution is 5.91. The summed E-state index contributed by atoms with van der Waals surface area (Å²) in [6.45, 7) is 7.29. The summed E-state index contributed by atoms with van der Waals surface area (Å²) in [5.41, 5.74) is 4.75. The number of anilines is 1. The Kier molecular flexibility index (Phi) is 8.35. The maximum absolute atomic E-state index is 12.4. The molecule has 0 unspecified atom stereocenters. The van der Waals surface area contributed by atoms with E-state index in [4.69, 9.17) is 4.74 Å². The van der Waals surface area contributed by atoms with Crippen LogP contribution in [0.15, 0.2) is 54.6 Å². The first-order valence-electron chi connectivity index (χ1n) is 12.0. The van der Waals surface area contributed by atoms with E-state index in [1.165, 1.54) is 55.6 Å². The molecule has 1 N–H and O–H groups in total. The van der Waals surface area contributed by atoms with E-state index >= 15 is 0 Å². The number of rotatable bonds is 7. The van der Waals surface area contributed by atoms with E-state index in [1.54, 1.807) is 6.08 Å². The molecule has 2 fully saturated rings. The normalized spacial score (nSPS) is 17.9. The fourth-order valence-corrected chi connectivity index (χ4v) is 4.45. The fourth-order valence-electron chi connectivity index (χ4n) is 4.45. The van der Waals surface area contributed by atoms with Crippen molar-refractivity contribution >= 4 is 17.7 Å². The van der Waals surface area contributed by atoms with Gasteiger partial charge in [-0.2, -0.15) is 0 Å². The van der Waals surface area contributed by atoms with Crippen LogP contribution in [0.1, 0.15) is 42.4 Å². The molecule has 0 atom stereocenters. The van der Waals surface area contributed by atoms with E-state index in [9.17, 15) is 4.79 Å². The molecule has 2 aromatic carbocycles. The number of hydrogen-bond donors (Lipinski definition) is 1. The lowest BCUT2D eigenvalue weighted by molar-refractivity contribution is -0.116. The highest BCUT2D eigenvalue weighted by atomic mass is 16.5. The summed E-state index contributed by atoms with van der Waals surface area (Å²) in [4.78, 5) is 17.3. The van der Waals surface area contributed by atoms with Crippen LogP contribution in [-0.2, 0) is 22.6 Å². The number of nitrogens with one attached hydrogen (secondary N) is 1. The summed E-state index contributed by atoms with van der Waals surface area (Å²) in [6.07, 6.45) is 8.77. The smallest absolute Gasteiger partial charge is 0.244 e. The minimum absolute atomic E-state index is 0.0631. The lowest BCUT2D eigenvalue weighted by Crippen LogP contribution is -2.36. The molecule has 5 heteroatoms. The predicted molar refractivity (Wildman–Crippen MR) is 131 cm³/mol. The molecule has 2 saturated heterocycles. The molecule has 2 aliphatic rings. The van der Waals surface area contributed by atoms with Crippen LogP contribution in [0.4, 0.5) is 5.69 Å². The second kappa shape index (κ2) is 11.8. The maximum Gasteiger partial charge on any atom is 0.244 e. The third-order valence-electron chi connectivity index (χ3n) is 6.36. The van der Waals surface area contributed by atoms with Crippen molar-refractivity contribution in [2.45, 2.75) is 38.8 Å². The Bertz CT molecular complexity index is 880. The van der Waals surface area contributed by atoms with Gasteiger partial charge in [-0.1, -0.05) is 49.2 Å². The Labute approximate surface area is 192 Å². The van der Waals surface area contributed by atoms with Gasteiger partial charge < -0.3 is 15.0 Å². The van der Waals surface area contributed by atoms with E-state index < -0.39 is 0 Å². The first kappa shape index (κ1) is 22.6. The standard InChI is InChI=1S/C27H35N3O2/c31-27(14-11-23-9-12-26(13-10-23)30-17-19-32-20-18-30)28-21-24-7-3-4-8-25(24)22-29-15-5-1-2-6-16-29/h3-4,7-14H,1-2,5-6,15-22H2,(H,28,31)/b14-11+. The number of nitrogens with zero attached hydrogens (tertiary/aromatic N) is 2. The van der Waals surface area contributed by atoms with Crippen molar-refractivity contribution in [3.05, 3.63) is 71.3 Å². The van der Waals surface area contributed by atoms with Crippen molar-refractivity contribution < 1.29 is 9.53 Å². The molecule has 4 rings (SSSR count). The molecule has 0 spiro atoms. The van der Waals surface area contributed by atoms with Crippen molar-refractivity contribution in [1.29, 1.82) is 0 Å². The molecule has 2 heterocycles. The van der Waals surface area contributed by atoms with Gasteiger partial charge in [0, 0.05) is 37.9 Å². The molecule has 1 amide bonds. The van der Waals surface area contributed by atoms with E-state index in [2.05, 4.69) is 63.6 Å². The Morgan fingerprint density at radius 2 is 1.56 bits per heavy atom. The maximum atomic E-state index is 12.4. The third-order valence-corrected chi connectivity index (χ3v) is 6.36. The van der Waals surface area contributed by atoms with Gasteiger partial charge in [0.25, 0.3) is 0 Å². The van der Waals surface area contributed by atoms with Crippen LogP contribution < -0.4 is 10.2 Å². The van der Waals surface area contributed by atoms with Gasteiger partial charge in [-0.3, -0.25) is 9.69 Å². The van der Waals surface area contributed by atoms with Crippen LogP contribution >= 0.6 is 0 Å². The molecule has 0 radical (unpaired) electrons. The molecular formula is C27H35N3O2. The Morgan fingerprint density at radius 3 is 2.28 bits per heavy atom. The first-order chi connectivity index (χ1) is 15.8. The second-order valence-electron chi connectivity index (χ2n) is 8.70. The summed E-state index contributed by atoms with van der Waals surface area (Å²) in [6, 6.07) is 16.8. The van der Waals surface area contributed by atoms with Crippen LogP contribution in [0.3, 0.4) is 0 Å². The Morgan fingerprint density at radius 1 is 0.875 bits per heavy atom. The number of hydrogen-bond acceptors (Lipinski definition) is 4. The summed E-state index contributed by atoms with van der Waals surface area (Å²) in [7, 11) is 0. The van der Waals surface area contributed by atoms with Crippen LogP contribution in [0.5, 0.6) is 0 Å². The van der Waals surface area contributed by atoms with E-state index in [0.717, 1.165) is 38.4 Å². The predicted octanol–water partition coefficient (Wildman–Crippen LogP) is 4.23. The highest BCUT2D eigenvalue weighted by Gasteiger charge is 2.12. The Balaban J connectivity index is 1.28. The lowest BCUT2D eigenvalue weighted by Gasteiger charge is -2.28. The largest absolute Gasteiger partial charge is 0.378 e. The van der Waals surface area contributed by atoms with Gasteiger partial charge in [0.15, 0.2) is 0 Å². The van der Waals surface area contributed by atoms with Gasteiger partial charge in [0.05, 0.1) is 13.2 Å². The van der Waals surface area contributed by atoms with Crippen LogP contribution in [0.2, 0.25) is 0 Å². The summed E-state index contributed by atoms with van der Waals surface area (Å²) in [5.74, 6) is -0.0631. The zero-order chi connectivity index (χ0) is 22.0. The molecule has 170 valence electrons. The molecule has 0 saturated carbocycles. The van der Waals surface area contributed by atoms with Crippen molar-refractivity contribution in [3.63, 3.8) is 0 Å². The van der Waals surface area contributed by atoms with Crippen molar-refractivity contribution in [2.75, 3.05) is 44.3 Å². The van der Waals surface area contributed by atoms with Crippen molar-refractivity contribution in [1.82, 2.24) is 10.2 Å². The van der Waals surface area contributed by atoms with Gasteiger partial charge >= 0.3 is 0 Å². The van der Waals surface area contributed by atoms with Crippen LogP contribution in [0, 0.1) is 0 Å². The second-order valence-corrected chi connectivity index (χ2v) is 8.70. The number of ether oxygens (including phenoxy) is 1. The SMILES string of the molecule is O=C(/C=C/c1ccc(N2CCOCC2)cc1)NCc1ccccc1CN1CCCCCC1. The highest BCUT2D eigenvalue weighted by Crippen LogP contribution is 2.18. The van der Waals surface area contributed by atoms with Gasteiger partial charge in [-0.25, -0.2) is 0 Å². The minimum atomic E-state index is -0.0631. The zero-order valence-electron chi connectivity index (χ0n) is 19.0. The molecule has 2 aromatic rings. The molecule has 0 bridgehead atoms. The number of carbonyl (C=O) groups excluding carboxylic acids is 1. The Hall–Kier alpha value is -2.63. The summed E-state index contributed by atoms with van der Waals surface area (Å²) >= 11 is 0. The van der Waals surface area contributed by atoms with Gasteiger partial charge in [0.1, 0.15) is 0 Å². The number of amides is 1. The van der Waals surface area contributed by atoms with Gasteiger partial charge in [-0.05, 0) is 60.8 Å². The quantitative estimate of drug-likeness (QED) is 0.664. The average Bonchev–Trinajstić information content (AvgIpc) is 3.12. The van der Waals surface area contributed by atoms with Crippen LogP contribution in [-0.4, -0.2) is 50.2 Å². The molecule has 0 aromatic heterocycles. The van der Waals surface area contributed by atoms with Crippen molar-refractivity contribution in [3.8, 4) is 0 Å². The lowest BCUT2D eigenvalue weighted by atomic mass is 10.1. The topological polar surface area (TPSA) is 44.8 Å². The van der Waals surface area contributed by atoms with E-state index in [-0.39, 0.29) is 5.91 Å². The molecule has 5 nitrogen and oxygen atoms in total. The van der Waals surface area contributed by atoms with Crippen LogP contribution in [0.25, 0.3) is 6.08 Å². The monoisotopic (exact) mass is 433 g/mol. The van der Waals surface area contributed by atoms with Gasteiger partial charge in [-0.15, -0.1) is 0 Å². The molecular weight excluding hydrogens is 398 g/mol. The molecule has 0 aliphatic carbocycles. The fraction of sp³-hybridized carbons (Fsp3) is 0.444. The van der Waals surface area contributed by atoms with E-state index in [1.807, 2.05) is 6.08 Å². The minimum Gasteiger partial charge on any atom is -0.378 e. The number of morpholine rings is 1. The number of benzene rings is 2. The number of carbonyl (C=O) groups is 1. The first-order valence-corrected chi connectivity index (χ1v) is 12.0. The average molecular weight is 434 g/mol. The summed E-state index contributed by atoms with van der Waals surface area (Å²) < 4.78 is 5.42. The van der Waals surface area contributed by atoms with E-state index in [0.29, 0.717) is 6.54 Å². The van der Waals surface area contributed by atoms with Crippen molar-refractivity contribution in [2.24, 2.45) is 0 Å². The molecule has 32 heavy (non-hydrogen) atoms. The summed E-state index contributed by atoms with van der Waals surface area (Å²) in [5, 5.41) is 3.06.